The fourth-order valence-corrected chi connectivity index (χ4v) is 3.64. The van der Waals surface area contributed by atoms with Crippen molar-refractivity contribution in [1.29, 1.82) is 0 Å². The first-order valence-corrected chi connectivity index (χ1v) is 8.43. The molecule has 1 aromatic carbocycles. The molecule has 0 unspecified atom stereocenters. The highest BCUT2D eigenvalue weighted by Crippen LogP contribution is 2.33. The van der Waals surface area contributed by atoms with E-state index in [4.69, 9.17) is 11.6 Å². The Morgan fingerprint density at radius 3 is 2.82 bits per heavy atom. The van der Waals surface area contributed by atoms with Crippen LogP contribution in [0.1, 0.15) is 12.5 Å². The third kappa shape index (κ3) is 2.58. The summed E-state index contributed by atoms with van der Waals surface area (Å²) in [5.41, 5.74) is 4.20. The number of pyridine rings is 1. The lowest BCUT2D eigenvalue weighted by molar-refractivity contribution is 0.595. The fraction of sp³-hybridized carbons (Fsp3) is 0.143. The molecule has 6 nitrogen and oxygen atoms in total. The summed E-state index contributed by atoms with van der Waals surface area (Å²) in [5.74, 6) is 0.282. The highest BCUT2D eigenvalue weighted by molar-refractivity contribution is 7.90. The summed E-state index contributed by atoms with van der Waals surface area (Å²) in [6.07, 6.45) is 3.19. The maximum absolute atomic E-state index is 12.4. The predicted octanol–water partition coefficient (Wildman–Crippen LogP) is 2.21. The van der Waals surface area contributed by atoms with Gasteiger partial charge in [0.05, 0.1) is 5.69 Å². The van der Waals surface area contributed by atoms with Crippen LogP contribution < -0.4 is 10.4 Å². The molecule has 0 saturated carbocycles. The number of rotatable bonds is 3. The number of nitrogens with zero attached hydrogens (tertiary/aromatic N) is 3. The van der Waals surface area contributed by atoms with Gasteiger partial charge in [0.25, 0.3) is 10.0 Å². The van der Waals surface area contributed by atoms with Crippen LogP contribution in [-0.4, -0.2) is 25.8 Å². The molecule has 0 atom stereocenters. The minimum Gasteiger partial charge on any atom is -0.264 e. The summed E-state index contributed by atoms with van der Waals surface area (Å²) < 4.78 is 28.8. The minimum atomic E-state index is -3.82. The van der Waals surface area contributed by atoms with Crippen molar-refractivity contribution >= 4 is 33.1 Å². The van der Waals surface area contributed by atoms with Crippen molar-refractivity contribution in [1.82, 2.24) is 10.4 Å². The van der Waals surface area contributed by atoms with Gasteiger partial charge in [0.1, 0.15) is 4.90 Å². The Morgan fingerprint density at radius 2 is 2.14 bits per heavy atom. The third-order valence-corrected chi connectivity index (χ3v) is 4.63. The summed E-state index contributed by atoms with van der Waals surface area (Å²) >= 11 is 5.92. The second-order valence-corrected chi connectivity index (χ2v) is 6.60. The monoisotopic (exact) mass is 336 g/mol. The van der Waals surface area contributed by atoms with E-state index in [1.807, 2.05) is 6.92 Å². The first-order chi connectivity index (χ1) is 10.5. The van der Waals surface area contributed by atoms with E-state index in [1.54, 1.807) is 41.7 Å². The molecule has 1 aliphatic heterocycles. The molecule has 0 saturated heterocycles. The summed E-state index contributed by atoms with van der Waals surface area (Å²) in [6.45, 7) is 2.51. The maximum atomic E-state index is 12.4. The van der Waals surface area contributed by atoms with Gasteiger partial charge in [-0.15, -0.1) is 4.40 Å². The van der Waals surface area contributed by atoms with Gasteiger partial charge in [-0.05, 0) is 30.3 Å². The van der Waals surface area contributed by atoms with E-state index in [0.29, 0.717) is 22.8 Å². The first-order valence-electron chi connectivity index (χ1n) is 6.61. The van der Waals surface area contributed by atoms with Crippen LogP contribution in [0.25, 0.3) is 0 Å². The van der Waals surface area contributed by atoms with Gasteiger partial charge in [0, 0.05) is 29.5 Å². The number of hydrogen-bond acceptors (Lipinski definition) is 5. The summed E-state index contributed by atoms with van der Waals surface area (Å²) in [7, 11) is -3.82. The number of hydrazine groups is 1. The van der Waals surface area contributed by atoms with Crippen LogP contribution in [0.3, 0.4) is 0 Å². The lowest BCUT2D eigenvalue weighted by atomic mass is 10.2. The van der Waals surface area contributed by atoms with Crippen molar-refractivity contribution in [2.24, 2.45) is 4.40 Å². The first kappa shape index (κ1) is 15.0. The Balaban J connectivity index is 2.24. The van der Waals surface area contributed by atoms with Crippen molar-refractivity contribution in [3.05, 3.63) is 53.3 Å². The Morgan fingerprint density at radius 1 is 1.32 bits per heavy atom. The predicted molar refractivity (Wildman–Crippen MR) is 85.6 cm³/mol. The van der Waals surface area contributed by atoms with E-state index in [2.05, 4.69) is 14.8 Å². The molecule has 0 spiro atoms. The quantitative estimate of drug-likeness (QED) is 0.930. The molecular formula is C14H13ClN4O2S. The van der Waals surface area contributed by atoms with Crippen LogP contribution in [0.15, 0.2) is 52.0 Å². The van der Waals surface area contributed by atoms with E-state index in [1.165, 1.54) is 6.07 Å². The molecule has 0 aliphatic carbocycles. The topological polar surface area (TPSA) is 74.7 Å². The summed E-state index contributed by atoms with van der Waals surface area (Å²) in [6, 6.07) is 8.19. The SMILES string of the molecule is CCNN1C(c2cccnc2)=NS(=O)(=O)c2cc(Cl)ccc21. The molecule has 22 heavy (non-hydrogen) atoms. The molecule has 1 aliphatic rings. The normalized spacial score (nSPS) is 16.1. The zero-order chi connectivity index (χ0) is 15.7. The van der Waals surface area contributed by atoms with Gasteiger partial charge in [-0.25, -0.2) is 5.43 Å². The third-order valence-electron chi connectivity index (χ3n) is 3.10. The lowest BCUT2D eigenvalue weighted by Crippen LogP contribution is -2.46. The zero-order valence-electron chi connectivity index (χ0n) is 11.7. The molecule has 1 aromatic heterocycles. The molecule has 0 radical (unpaired) electrons. The smallest absolute Gasteiger partial charge is 0.264 e. The Bertz CT molecular complexity index is 837. The van der Waals surface area contributed by atoms with Crippen molar-refractivity contribution in [2.75, 3.05) is 11.6 Å². The van der Waals surface area contributed by atoms with Crippen molar-refractivity contribution in [3.63, 3.8) is 0 Å². The average Bonchev–Trinajstić information content (AvgIpc) is 2.51. The van der Waals surface area contributed by atoms with Gasteiger partial charge >= 0.3 is 0 Å². The number of anilines is 1. The van der Waals surface area contributed by atoms with E-state index >= 15 is 0 Å². The molecule has 0 bridgehead atoms. The molecule has 1 N–H and O–H groups in total. The minimum absolute atomic E-state index is 0.0774. The van der Waals surface area contributed by atoms with Crippen molar-refractivity contribution < 1.29 is 8.42 Å². The van der Waals surface area contributed by atoms with Gasteiger partial charge in [-0.3, -0.25) is 9.99 Å². The molecule has 3 rings (SSSR count). The number of aromatic nitrogens is 1. The Labute approximate surface area is 133 Å². The number of nitrogens with one attached hydrogen (secondary N) is 1. The van der Waals surface area contributed by atoms with Crippen molar-refractivity contribution in [2.45, 2.75) is 11.8 Å². The molecule has 2 aromatic rings. The van der Waals surface area contributed by atoms with E-state index in [-0.39, 0.29) is 10.7 Å². The average molecular weight is 337 g/mol. The van der Waals surface area contributed by atoms with E-state index in [0.717, 1.165) is 0 Å². The largest absolute Gasteiger partial charge is 0.286 e. The lowest BCUT2D eigenvalue weighted by Gasteiger charge is -2.30. The number of amidine groups is 1. The van der Waals surface area contributed by atoms with Gasteiger partial charge in [0.15, 0.2) is 5.84 Å². The molecule has 114 valence electrons. The fourth-order valence-electron chi connectivity index (χ4n) is 2.19. The standard InChI is InChI=1S/C14H13ClN4O2S/c1-2-17-19-12-6-5-11(15)8-13(12)22(20,21)18-14(19)10-4-3-7-16-9-10/h3-9,17H,2H2,1H3. The molecule has 0 fully saturated rings. The van der Waals surface area contributed by atoms with E-state index < -0.39 is 10.0 Å². The number of halogens is 1. The van der Waals surface area contributed by atoms with E-state index in [9.17, 15) is 8.42 Å². The second-order valence-electron chi connectivity index (χ2n) is 4.59. The Kier molecular flexibility index (Phi) is 3.86. The number of hydrogen-bond donors (Lipinski definition) is 1. The molecule has 8 heteroatoms. The van der Waals surface area contributed by atoms with Crippen LogP contribution in [0.5, 0.6) is 0 Å². The van der Waals surface area contributed by atoms with Gasteiger partial charge in [0.2, 0.25) is 0 Å². The van der Waals surface area contributed by atoms with Crippen LogP contribution >= 0.6 is 11.6 Å². The Hall–Kier alpha value is -1.96. The summed E-state index contributed by atoms with van der Waals surface area (Å²) in [4.78, 5) is 4.10. The van der Waals surface area contributed by atoms with Crippen LogP contribution in [0.2, 0.25) is 5.02 Å². The molecule has 0 amide bonds. The van der Waals surface area contributed by atoms with Crippen LogP contribution in [0, 0.1) is 0 Å². The van der Waals surface area contributed by atoms with Gasteiger partial charge in [-0.1, -0.05) is 18.5 Å². The second kappa shape index (κ2) is 5.68. The number of sulfonamides is 1. The highest BCUT2D eigenvalue weighted by Gasteiger charge is 2.31. The highest BCUT2D eigenvalue weighted by atomic mass is 35.5. The number of benzene rings is 1. The number of fused-ring (bicyclic) bond motifs is 1. The van der Waals surface area contributed by atoms with Crippen LogP contribution in [-0.2, 0) is 10.0 Å². The maximum Gasteiger partial charge on any atom is 0.286 e. The van der Waals surface area contributed by atoms with Gasteiger partial charge < -0.3 is 0 Å². The zero-order valence-corrected chi connectivity index (χ0v) is 13.3. The van der Waals surface area contributed by atoms with Crippen LogP contribution in [0.4, 0.5) is 5.69 Å². The molecule has 2 heterocycles. The van der Waals surface area contributed by atoms with Gasteiger partial charge in [-0.2, -0.15) is 8.42 Å². The summed E-state index contributed by atoms with van der Waals surface area (Å²) in [5, 5.41) is 1.99. The molecular weight excluding hydrogens is 324 g/mol. The van der Waals surface area contributed by atoms with Crippen molar-refractivity contribution in [3.8, 4) is 0 Å².